The average Bonchev–Trinajstić information content (AvgIpc) is 3.06. The lowest BCUT2D eigenvalue weighted by atomic mass is 10.0. The Kier molecular flexibility index (Phi) is 16.3. The fourth-order valence-electron chi connectivity index (χ4n) is 3.15. The lowest BCUT2D eigenvalue weighted by molar-refractivity contribution is 0.522. The maximum Gasteiger partial charge on any atom is 0.108 e. The second-order valence-corrected chi connectivity index (χ2v) is 6.91. The molecule has 0 fully saturated rings. The van der Waals surface area contributed by atoms with Crippen molar-refractivity contribution in [2.45, 2.75) is 110 Å². The molecule has 0 aliphatic rings. The Hall–Kier alpha value is -0.310. The molecule has 0 saturated heterocycles. The number of rotatable bonds is 15. The van der Waals surface area contributed by atoms with Gasteiger partial charge in [0.2, 0.25) is 0 Å². The highest BCUT2D eigenvalue weighted by Gasteiger charge is 2.06. The fourth-order valence-corrected chi connectivity index (χ4v) is 3.15. The molecule has 136 valence electrons. The third kappa shape index (κ3) is 12.7. The maximum absolute atomic E-state index is 4.34. The Morgan fingerprint density at radius 1 is 0.826 bits per heavy atom. The van der Waals surface area contributed by atoms with Crippen LogP contribution in [-0.2, 0) is 0 Å². The summed E-state index contributed by atoms with van der Waals surface area (Å²) in [4.78, 5) is 7.56. The topological polar surface area (TPSA) is 28.7 Å². The van der Waals surface area contributed by atoms with Gasteiger partial charge in [-0.15, -0.1) is 17.0 Å². The van der Waals surface area contributed by atoms with Gasteiger partial charge in [0.15, 0.2) is 0 Å². The van der Waals surface area contributed by atoms with Crippen molar-refractivity contribution < 1.29 is 0 Å². The van der Waals surface area contributed by atoms with Gasteiger partial charge >= 0.3 is 0 Å². The van der Waals surface area contributed by atoms with Crippen LogP contribution >= 0.6 is 17.0 Å². The predicted molar refractivity (Wildman–Crippen MR) is 108 cm³/mol. The predicted octanol–water partition coefficient (Wildman–Crippen LogP) is 7.57. The van der Waals surface area contributed by atoms with E-state index in [2.05, 4.69) is 23.8 Å². The Balaban J connectivity index is 0.00000484. The highest BCUT2D eigenvalue weighted by molar-refractivity contribution is 8.93. The number of aromatic amines is 1. The maximum atomic E-state index is 4.34. The van der Waals surface area contributed by atoms with Gasteiger partial charge in [-0.05, 0) is 6.42 Å². The molecule has 0 aromatic carbocycles. The van der Waals surface area contributed by atoms with Crippen LogP contribution in [0.3, 0.4) is 0 Å². The van der Waals surface area contributed by atoms with Gasteiger partial charge in [-0.1, -0.05) is 97.3 Å². The standard InChI is InChI=1S/C20H38N2.BrH/c1-3-4-5-6-7-8-9-10-11-12-13-14-15-16-19(2)20-21-17-18-22-20;/h17-19H,3-16H2,1-2H3,(H,21,22);1H. The van der Waals surface area contributed by atoms with Gasteiger partial charge in [0, 0.05) is 18.3 Å². The first-order valence-electron chi connectivity index (χ1n) is 9.84. The Morgan fingerprint density at radius 2 is 1.30 bits per heavy atom. The van der Waals surface area contributed by atoms with Crippen molar-refractivity contribution in [1.82, 2.24) is 9.97 Å². The van der Waals surface area contributed by atoms with Crippen LogP contribution in [0.1, 0.15) is 115 Å². The summed E-state index contributed by atoms with van der Waals surface area (Å²) >= 11 is 0. The van der Waals surface area contributed by atoms with Crippen LogP contribution in [0.25, 0.3) is 0 Å². The first kappa shape index (κ1) is 22.7. The van der Waals surface area contributed by atoms with Crippen molar-refractivity contribution in [3.8, 4) is 0 Å². The summed E-state index contributed by atoms with van der Waals surface area (Å²) in [6, 6.07) is 0. The average molecular weight is 387 g/mol. The Labute approximate surface area is 155 Å². The van der Waals surface area contributed by atoms with Crippen LogP contribution in [-0.4, -0.2) is 9.97 Å². The van der Waals surface area contributed by atoms with E-state index in [0.717, 1.165) is 5.82 Å². The van der Waals surface area contributed by atoms with E-state index in [1.807, 2.05) is 12.4 Å². The molecule has 0 radical (unpaired) electrons. The molecule has 1 heterocycles. The fraction of sp³-hybridized carbons (Fsp3) is 0.850. The number of hydrogen-bond donors (Lipinski definition) is 1. The summed E-state index contributed by atoms with van der Waals surface area (Å²) in [5, 5.41) is 0. The van der Waals surface area contributed by atoms with Crippen molar-refractivity contribution in [1.29, 1.82) is 0 Å². The summed E-state index contributed by atoms with van der Waals surface area (Å²) in [6.07, 6.45) is 23.6. The van der Waals surface area contributed by atoms with E-state index in [1.165, 1.54) is 89.9 Å². The largest absolute Gasteiger partial charge is 0.348 e. The number of halogens is 1. The minimum absolute atomic E-state index is 0. The summed E-state index contributed by atoms with van der Waals surface area (Å²) in [7, 11) is 0. The summed E-state index contributed by atoms with van der Waals surface area (Å²) in [5.41, 5.74) is 0. The highest BCUT2D eigenvalue weighted by Crippen LogP contribution is 2.19. The van der Waals surface area contributed by atoms with E-state index in [9.17, 15) is 0 Å². The van der Waals surface area contributed by atoms with E-state index in [-0.39, 0.29) is 17.0 Å². The first-order chi connectivity index (χ1) is 10.8. The molecule has 1 unspecified atom stereocenters. The number of imidazole rings is 1. The Morgan fingerprint density at radius 3 is 1.74 bits per heavy atom. The van der Waals surface area contributed by atoms with Gasteiger partial charge < -0.3 is 4.98 Å². The normalized spacial score (nSPS) is 12.1. The van der Waals surface area contributed by atoms with Crippen LogP contribution in [0.4, 0.5) is 0 Å². The van der Waals surface area contributed by atoms with Gasteiger partial charge in [0.25, 0.3) is 0 Å². The monoisotopic (exact) mass is 386 g/mol. The summed E-state index contributed by atoms with van der Waals surface area (Å²) in [5.74, 6) is 1.74. The second kappa shape index (κ2) is 16.5. The van der Waals surface area contributed by atoms with Crippen molar-refractivity contribution in [3.05, 3.63) is 18.2 Å². The number of aromatic nitrogens is 2. The van der Waals surface area contributed by atoms with Crippen molar-refractivity contribution >= 4 is 17.0 Å². The summed E-state index contributed by atoms with van der Waals surface area (Å²) in [6.45, 7) is 4.57. The molecule has 0 aliphatic heterocycles. The van der Waals surface area contributed by atoms with Crippen LogP contribution in [0.15, 0.2) is 12.4 Å². The van der Waals surface area contributed by atoms with Crippen molar-refractivity contribution in [2.75, 3.05) is 0 Å². The number of nitrogens with zero attached hydrogens (tertiary/aromatic N) is 1. The molecule has 0 spiro atoms. The van der Waals surface area contributed by atoms with Crippen molar-refractivity contribution in [2.24, 2.45) is 0 Å². The molecule has 23 heavy (non-hydrogen) atoms. The van der Waals surface area contributed by atoms with Crippen LogP contribution in [0.2, 0.25) is 0 Å². The zero-order valence-corrected chi connectivity index (χ0v) is 17.2. The third-order valence-electron chi connectivity index (χ3n) is 4.73. The van der Waals surface area contributed by atoms with E-state index in [0.29, 0.717) is 5.92 Å². The van der Waals surface area contributed by atoms with Crippen molar-refractivity contribution in [3.63, 3.8) is 0 Å². The van der Waals surface area contributed by atoms with Crippen LogP contribution in [0.5, 0.6) is 0 Å². The first-order valence-corrected chi connectivity index (χ1v) is 9.84. The third-order valence-corrected chi connectivity index (χ3v) is 4.73. The van der Waals surface area contributed by atoms with E-state index in [4.69, 9.17) is 0 Å². The number of unbranched alkanes of at least 4 members (excludes halogenated alkanes) is 12. The van der Waals surface area contributed by atoms with Gasteiger partial charge in [0.05, 0.1) is 0 Å². The smallest absolute Gasteiger partial charge is 0.108 e. The molecule has 1 rings (SSSR count). The quantitative estimate of drug-likeness (QED) is 0.309. The van der Waals surface area contributed by atoms with E-state index < -0.39 is 0 Å². The molecule has 2 nitrogen and oxygen atoms in total. The van der Waals surface area contributed by atoms with E-state index in [1.54, 1.807) is 0 Å². The van der Waals surface area contributed by atoms with Gasteiger partial charge in [-0.25, -0.2) is 4.98 Å². The lowest BCUT2D eigenvalue weighted by Crippen LogP contribution is -1.96. The number of nitrogens with one attached hydrogen (secondary N) is 1. The second-order valence-electron chi connectivity index (χ2n) is 6.91. The molecule has 0 bridgehead atoms. The summed E-state index contributed by atoms with van der Waals surface area (Å²) < 4.78 is 0. The van der Waals surface area contributed by atoms with Gasteiger partial charge in [-0.3, -0.25) is 0 Å². The van der Waals surface area contributed by atoms with Gasteiger partial charge in [-0.2, -0.15) is 0 Å². The molecular weight excluding hydrogens is 348 g/mol. The lowest BCUT2D eigenvalue weighted by Gasteiger charge is -2.08. The molecular formula is C20H39BrN2. The molecule has 0 amide bonds. The molecule has 1 aromatic rings. The molecule has 1 N–H and O–H groups in total. The van der Waals surface area contributed by atoms with Crippen LogP contribution in [0, 0.1) is 0 Å². The minimum atomic E-state index is 0. The number of H-pyrrole nitrogens is 1. The minimum Gasteiger partial charge on any atom is -0.348 e. The zero-order valence-electron chi connectivity index (χ0n) is 15.5. The molecule has 0 aliphatic carbocycles. The molecule has 1 aromatic heterocycles. The zero-order chi connectivity index (χ0) is 15.9. The highest BCUT2D eigenvalue weighted by atomic mass is 79.9. The van der Waals surface area contributed by atoms with Gasteiger partial charge in [0.1, 0.15) is 5.82 Å². The number of hydrogen-bond acceptors (Lipinski definition) is 1. The molecule has 3 heteroatoms. The Bertz CT molecular complexity index is 324. The molecule has 0 saturated carbocycles. The van der Waals surface area contributed by atoms with E-state index >= 15 is 0 Å². The van der Waals surface area contributed by atoms with Crippen LogP contribution < -0.4 is 0 Å². The SMILES string of the molecule is Br.CCCCCCCCCCCCCCCC(C)c1ncc[nH]1. The molecule has 1 atom stereocenters.